The van der Waals surface area contributed by atoms with Gasteiger partial charge in [0.15, 0.2) is 0 Å². The SMILES string of the molecule is CC1(C)C(C2C(C)(C)C2(C)C)C1(C)C. The minimum Gasteiger partial charge on any atom is -0.0591 e. The molecule has 2 aliphatic rings. The lowest BCUT2D eigenvalue weighted by molar-refractivity contribution is 0.444. The van der Waals surface area contributed by atoms with Gasteiger partial charge in [-0.05, 0) is 33.5 Å². The quantitative estimate of drug-likeness (QED) is 0.582. The molecular formula is C14H26. The molecule has 2 aliphatic carbocycles. The molecule has 2 saturated carbocycles. The molecule has 0 atom stereocenters. The van der Waals surface area contributed by atoms with Crippen molar-refractivity contribution in [1.29, 1.82) is 0 Å². The Hall–Kier alpha value is 0. The Balaban J connectivity index is 2.24. The van der Waals surface area contributed by atoms with Crippen LogP contribution in [0.5, 0.6) is 0 Å². The van der Waals surface area contributed by atoms with Crippen LogP contribution in [0, 0.1) is 33.5 Å². The highest BCUT2D eigenvalue weighted by Gasteiger charge is 2.79. The summed E-state index contributed by atoms with van der Waals surface area (Å²) in [6.45, 7) is 19.6. The van der Waals surface area contributed by atoms with Crippen molar-refractivity contribution < 1.29 is 0 Å². The normalized spacial score (nSPS) is 36.9. The van der Waals surface area contributed by atoms with E-state index in [1.54, 1.807) is 0 Å². The summed E-state index contributed by atoms with van der Waals surface area (Å²) in [5, 5.41) is 0. The summed E-state index contributed by atoms with van der Waals surface area (Å²) in [6, 6.07) is 0. The predicted molar refractivity (Wildman–Crippen MR) is 62.1 cm³/mol. The highest BCUT2D eigenvalue weighted by molar-refractivity contribution is 5.26. The van der Waals surface area contributed by atoms with Crippen molar-refractivity contribution in [2.75, 3.05) is 0 Å². The molecule has 82 valence electrons. The standard InChI is InChI=1S/C14H26/c1-11(2)9(12(11,3)4)10-13(5,6)14(10,7)8/h9-10H,1-8H3. The third-order valence-electron chi connectivity index (χ3n) is 6.60. The molecule has 14 heavy (non-hydrogen) atoms. The van der Waals surface area contributed by atoms with Crippen LogP contribution in [0.25, 0.3) is 0 Å². The van der Waals surface area contributed by atoms with Crippen LogP contribution in [0.15, 0.2) is 0 Å². The van der Waals surface area contributed by atoms with Gasteiger partial charge in [0, 0.05) is 0 Å². The van der Waals surface area contributed by atoms with Gasteiger partial charge in [0.2, 0.25) is 0 Å². The number of rotatable bonds is 1. The second-order valence-corrected chi connectivity index (χ2v) is 7.84. The first kappa shape index (κ1) is 10.5. The molecule has 0 heterocycles. The van der Waals surface area contributed by atoms with E-state index in [0.29, 0.717) is 21.7 Å². The van der Waals surface area contributed by atoms with Crippen molar-refractivity contribution >= 4 is 0 Å². The highest BCUT2D eigenvalue weighted by Crippen LogP contribution is 2.84. The second kappa shape index (κ2) is 2.08. The highest BCUT2D eigenvalue weighted by atomic mass is 14.8. The van der Waals surface area contributed by atoms with Crippen LogP contribution in [-0.4, -0.2) is 0 Å². The van der Waals surface area contributed by atoms with E-state index in [2.05, 4.69) is 55.4 Å². The van der Waals surface area contributed by atoms with Crippen molar-refractivity contribution in [1.82, 2.24) is 0 Å². The fourth-order valence-corrected chi connectivity index (χ4v) is 4.16. The Labute approximate surface area is 89.5 Å². The maximum Gasteiger partial charge on any atom is -0.0262 e. The zero-order valence-corrected chi connectivity index (χ0v) is 11.2. The lowest BCUT2D eigenvalue weighted by Crippen LogP contribution is -1.98. The van der Waals surface area contributed by atoms with Crippen LogP contribution in [0.2, 0.25) is 0 Å². The molecule has 2 rings (SSSR count). The van der Waals surface area contributed by atoms with E-state index in [9.17, 15) is 0 Å². The molecule has 0 aromatic rings. The van der Waals surface area contributed by atoms with Crippen molar-refractivity contribution in [3.05, 3.63) is 0 Å². The molecule has 0 aliphatic heterocycles. The summed E-state index contributed by atoms with van der Waals surface area (Å²) < 4.78 is 0. The minimum absolute atomic E-state index is 0.558. The van der Waals surface area contributed by atoms with Crippen LogP contribution < -0.4 is 0 Å². The molecule has 0 N–H and O–H groups in total. The monoisotopic (exact) mass is 194 g/mol. The Morgan fingerprint density at radius 3 is 0.643 bits per heavy atom. The van der Waals surface area contributed by atoms with E-state index in [1.807, 2.05) is 0 Å². The average Bonchev–Trinajstić information content (AvgIpc) is 2.46. The van der Waals surface area contributed by atoms with Gasteiger partial charge in [-0.3, -0.25) is 0 Å². The van der Waals surface area contributed by atoms with Gasteiger partial charge in [0.25, 0.3) is 0 Å². The number of hydrogen-bond acceptors (Lipinski definition) is 0. The third-order valence-corrected chi connectivity index (χ3v) is 6.60. The molecule has 0 bridgehead atoms. The van der Waals surface area contributed by atoms with E-state index >= 15 is 0 Å². The smallest absolute Gasteiger partial charge is 0.0262 e. The summed E-state index contributed by atoms with van der Waals surface area (Å²) in [6.07, 6.45) is 0. The first-order valence-corrected chi connectivity index (χ1v) is 5.99. The molecule has 0 saturated heterocycles. The van der Waals surface area contributed by atoms with Gasteiger partial charge in [-0.2, -0.15) is 0 Å². The van der Waals surface area contributed by atoms with Crippen molar-refractivity contribution in [3.8, 4) is 0 Å². The molecule has 0 radical (unpaired) electrons. The molecule has 0 spiro atoms. The lowest BCUT2D eigenvalue weighted by atomic mass is 10.0. The van der Waals surface area contributed by atoms with Gasteiger partial charge in [0.1, 0.15) is 0 Å². The van der Waals surface area contributed by atoms with Gasteiger partial charge in [0.05, 0.1) is 0 Å². The Morgan fingerprint density at radius 1 is 0.429 bits per heavy atom. The average molecular weight is 194 g/mol. The summed E-state index contributed by atoms with van der Waals surface area (Å²) in [5.41, 5.74) is 2.23. The summed E-state index contributed by atoms with van der Waals surface area (Å²) >= 11 is 0. The molecule has 0 aromatic carbocycles. The topological polar surface area (TPSA) is 0 Å². The van der Waals surface area contributed by atoms with Gasteiger partial charge in [-0.25, -0.2) is 0 Å². The largest absolute Gasteiger partial charge is 0.0591 e. The van der Waals surface area contributed by atoms with Crippen LogP contribution in [-0.2, 0) is 0 Å². The molecule has 0 amide bonds. The van der Waals surface area contributed by atoms with E-state index in [0.717, 1.165) is 11.8 Å². The Kier molecular flexibility index (Phi) is 1.56. The number of hydrogen-bond donors (Lipinski definition) is 0. The van der Waals surface area contributed by atoms with E-state index in [1.165, 1.54) is 0 Å². The van der Waals surface area contributed by atoms with Crippen LogP contribution in [0.1, 0.15) is 55.4 Å². The first-order valence-electron chi connectivity index (χ1n) is 5.99. The van der Waals surface area contributed by atoms with Crippen LogP contribution in [0.3, 0.4) is 0 Å². The molecule has 0 unspecified atom stereocenters. The fourth-order valence-electron chi connectivity index (χ4n) is 4.16. The van der Waals surface area contributed by atoms with E-state index in [-0.39, 0.29) is 0 Å². The van der Waals surface area contributed by atoms with Gasteiger partial charge in [-0.1, -0.05) is 55.4 Å². The third kappa shape index (κ3) is 0.823. The van der Waals surface area contributed by atoms with Crippen molar-refractivity contribution in [2.45, 2.75) is 55.4 Å². The summed E-state index contributed by atoms with van der Waals surface area (Å²) in [7, 11) is 0. The Bertz CT molecular complexity index is 220. The van der Waals surface area contributed by atoms with E-state index < -0.39 is 0 Å². The zero-order chi connectivity index (χ0) is 11.2. The predicted octanol–water partition coefficient (Wildman–Crippen LogP) is 4.35. The molecular weight excluding hydrogens is 168 g/mol. The summed E-state index contributed by atoms with van der Waals surface area (Å²) in [5.74, 6) is 1.86. The van der Waals surface area contributed by atoms with Crippen molar-refractivity contribution in [3.63, 3.8) is 0 Å². The lowest BCUT2D eigenvalue weighted by Gasteiger charge is -2.04. The van der Waals surface area contributed by atoms with Gasteiger partial charge in [-0.15, -0.1) is 0 Å². The fraction of sp³-hybridized carbons (Fsp3) is 1.00. The first-order chi connectivity index (χ1) is 5.99. The Morgan fingerprint density at radius 2 is 0.571 bits per heavy atom. The maximum atomic E-state index is 2.45. The van der Waals surface area contributed by atoms with E-state index in [4.69, 9.17) is 0 Å². The minimum atomic E-state index is 0.558. The molecule has 0 heteroatoms. The molecule has 0 nitrogen and oxygen atoms in total. The van der Waals surface area contributed by atoms with Gasteiger partial charge < -0.3 is 0 Å². The second-order valence-electron chi connectivity index (χ2n) is 7.84. The zero-order valence-electron chi connectivity index (χ0n) is 11.2. The van der Waals surface area contributed by atoms with Gasteiger partial charge >= 0.3 is 0 Å². The van der Waals surface area contributed by atoms with Crippen molar-refractivity contribution in [2.24, 2.45) is 33.5 Å². The summed E-state index contributed by atoms with van der Waals surface area (Å²) in [4.78, 5) is 0. The molecule has 0 aromatic heterocycles. The van der Waals surface area contributed by atoms with Crippen LogP contribution >= 0.6 is 0 Å². The maximum absolute atomic E-state index is 2.45. The molecule has 2 fully saturated rings. The van der Waals surface area contributed by atoms with Crippen LogP contribution in [0.4, 0.5) is 0 Å².